The van der Waals surface area contributed by atoms with Crippen LogP contribution in [0.3, 0.4) is 0 Å². The first-order valence-corrected chi connectivity index (χ1v) is 7.30. The Balaban J connectivity index is 2.11. The van der Waals surface area contributed by atoms with Gasteiger partial charge in [0, 0.05) is 19.0 Å². The van der Waals surface area contributed by atoms with Crippen molar-refractivity contribution in [2.75, 3.05) is 11.9 Å². The van der Waals surface area contributed by atoms with Crippen LogP contribution < -0.4 is 11.0 Å². The van der Waals surface area contributed by atoms with Crippen molar-refractivity contribution < 1.29 is 0 Å². The van der Waals surface area contributed by atoms with E-state index in [0.717, 1.165) is 22.5 Å². The van der Waals surface area contributed by atoms with E-state index in [2.05, 4.69) is 25.5 Å². The summed E-state index contributed by atoms with van der Waals surface area (Å²) < 4.78 is 1.45. The first kappa shape index (κ1) is 13.6. The van der Waals surface area contributed by atoms with Crippen LogP contribution in [-0.2, 0) is 7.05 Å². The van der Waals surface area contributed by atoms with Gasteiger partial charge in [0.2, 0.25) is 5.95 Å². The lowest BCUT2D eigenvalue weighted by Crippen LogP contribution is -2.12. The number of nitrogens with one attached hydrogen (secondary N) is 2. The Labute approximate surface area is 124 Å². The lowest BCUT2D eigenvalue weighted by Gasteiger charge is -2.08. The molecule has 0 unspecified atom stereocenters. The second-order valence-electron chi connectivity index (χ2n) is 4.37. The third kappa shape index (κ3) is 2.62. The zero-order valence-corrected chi connectivity index (χ0v) is 12.4. The number of benzene rings is 1. The van der Waals surface area contributed by atoms with Gasteiger partial charge >= 0.3 is 5.69 Å². The Morgan fingerprint density at radius 2 is 2.14 bits per heavy atom. The fourth-order valence-electron chi connectivity index (χ4n) is 1.87. The zero-order valence-electron chi connectivity index (χ0n) is 11.6. The smallest absolute Gasteiger partial charge is 0.343 e. The first-order chi connectivity index (χ1) is 10.2. The Kier molecular flexibility index (Phi) is 3.61. The fourth-order valence-corrected chi connectivity index (χ4v) is 2.77. The van der Waals surface area contributed by atoms with E-state index >= 15 is 0 Å². The van der Waals surface area contributed by atoms with Crippen molar-refractivity contribution in [3.05, 3.63) is 34.7 Å². The van der Waals surface area contributed by atoms with E-state index < -0.39 is 0 Å². The van der Waals surface area contributed by atoms with Gasteiger partial charge in [-0.2, -0.15) is 0 Å². The molecule has 2 aromatic heterocycles. The normalized spacial score (nSPS) is 11.0. The summed E-state index contributed by atoms with van der Waals surface area (Å²) in [6, 6.07) is 7.76. The molecule has 0 aliphatic carbocycles. The van der Waals surface area contributed by atoms with Crippen molar-refractivity contribution in [2.24, 2.45) is 7.05 Å². The van der Waals surface area contributed by atoms with Crippen LogP contribution in [0.4, 0.5) is 5.95 Å². The third-order valence-corrected chi connectivity index (χ3v) is 3.98. The molecule has 1 aromatic carbocycles. The molecular formula is C13H14N6OS. The highest BCUT2D eigenvalue weighted by atomic mass is 32.2. The SMILES string of the molecule is CCNc1nc(Sc2n[nH]c(=O)n2C)c2ccccc2n1. The predicted molar refractivity (Wildman–Crippen MR) is 81.7 cm³/mol. The van der Waals surface area contributed by atoms with E-state index in [9.17, 15) is 4.79 Å². The molecule has 0 fully saturated rings. The summed E-state index contributed by atoms with van der Waals surface area (Å²) in [6.07, 6.45) is 0. The summed E-state index contributed by atoms with van der Waals surface area (Å²) in [5.41, 5.74) is 0.606. The van der Waals surface area contributed by atoms with Gasteiger partial charge in [-0.05, 0) is 24.8 Å². The molecule has 108 valence electrons. The third-order valence-electron chi connectivity index (χ3n) is 2.93. The minimum atomic E-state index is -0.247. The molecule has 3 aromatic rings. The Bertz CT molecular complexity index is 840. The number of anilines is 1. The van der Waals surface area contributed by atoms with Gasteiger partial charge < -0.3 is 5.32 Å². The number of hydrogen-bond donors (Lipinski definition) is 2. The number of fused-ring (bicyclic) bond motifs is 1. The molecule has 0 atom stereocenters. The van der Waals surface area contributed by atoms with Crippen LogP contribution in [0, 0.1) is 0 Å². The van der Waals surface area contributed by atoms with Gasteiger partial charge in [-0.15, -0.1) is 5.10 Å². The lowest BCUT2D eigenvalue weighted by molar-refractivity contribution is 0.765. The summed E-state index contributed by atoms with van der Waals surface area (Å²) in [4.78, 5) is 20.4. The Hall–Kier alpha value is -2.35. The van der Waals surface area contributed by atoms with Crippen LogP contribution in [0.15, 0.2) is 39.2 Å². The molecule has 2 N–H and O–H groups in total. The number of H-pyrrole nitrogens is 1. The zero-order chi connectivity index (χ0) is 14.8. The minimum Gasteiger partial charge on any atom is -0.354 e. The molecule has 8 heteroatoms. The molecular weight excluding hydrogens is 288 g/mol. The van der Waals surface area contributed by atoms with Gasteiger partial charge in [0.15, 0.2) is 5.16 Å². The van der Waals surface area contributed by atoms with E-state index in [1.165, 1.54) is 16.3 Å². The molecule has 21 heavy (non-hydrogen) atoms. The highest BCUT2D eigenvalue weighted by Crippen LogP contribution is 2.30. The quantitative estimate of drug-likeness (QED) is 0.712. The van der Waals surface area contributed by atoms with Crippen molar-refractivity contribution in [3.63, 3.8) is 0 Å². The van der Waals surface area contributed by atoms with Crippen molar-refractivity contribution in [1.29, 1.82) is 0 Å². The van der Waals surface area contributed by atoms with Gasteiger partial charge in [0.05, 0.1) is 5.52 Å². The van der Waals surface area contributed by atoms with Gasteiger partial charge in [-0.25, -0.2) is 19.9 Å². The highest BCUT2D eigenvalue weighted by Gasteiger charge is 2.12. The van der Waals surface area contributed by atoms with Gasteiger partial charge in [-0.3, -0.25) is 4.57 Å². The maximum absolute atomic E-state index is 11.4. The molecule has 0 amide bonds. The van der Waals surface area contributed by atoms with Crippen molar-refractivity contribution in [1.82, 2.24) is 24.7 Å². The average Bonchev–Trinajstić information content (AvgIpc) is 2.80. The number of rotatable bonds is 4. The Morgan fingerprint density at radius 1 is 1.33 bits per heavy atom. The number of aromatic nitrogens is 5. The van der Waals surface area contributed by atoms with Gasteiger partial charge in [0.25, 0.3) is 0 Å². The van der Waals surface area contributed by atoms with E-state index in [4.69, 9.17) is 0 Å². The van der Waals surface area contributed by atoms with Crippen LogP contribution in [0.25, 0.3) is 10.9 Å². The van der Waals surface area contributed by atoms with Crippen molar-refractivity contribution in [3.8, 4) is 0 Å². The predicted octanol–water partition coefficient (Wildman–Crippen LogP) is 1.63. The summed E-state index contributed by atoms with van der Waals surface area (Å²) in [7, 11) is 1.67. The summed E-state index contributed by atoms with van der Waals surface area (Å²) in [5, 5.41) is 11.8. The highest BCUT2D eigenvalue weighted by molar-refractivity contribution is 7.99. The molecule has 0 aliphatic rings. The Morgan fingerprint density at radius 3 is 2.86 bits per heavy atom. The van der Waals surface area contributed by atoms with E-state index in [0.29, 0.717) is 11.1 Å². The largest absolute Gasteiger partial charge is 0.354 e. The van der Waals surface area contributed by atoms with Crippen LogP contribution >= 0.6 is 11.8 Å². The monoisotopic (exact) mass is 302 g/mol. The number of aromatic amines is 1. The molecule has 0 radical (unpaired) electrons. The lowest BCUT2D eigenvalue weighted by atomic mass is 10.2. The van der Waals surface area contributed by atoms with Crippen LogP contribution in [0.1, 0.15) is 6.92 Å². The molecule has 0 saturated carbocycles. The second kappa shape index (κ2) is 5.57. The average molecular weight is 302 g/mol. The number of hydrogen-bond acceptors (Lipinski definition) is 6. The van der Waals surface area contributed by atoms with Crippen LogP contribution in [0.5, 0.6) is 0 Å². The topological polar surface area (TPSA) is 88.5 Å². The van der Waals surface area contributed by atoms with E-state index in [1.54, 1.807) is 7.05 Å². The van der Waals surface area contributed by atoms with Crippen LogP contribution in [0.2, 0.25) is 0 Å². The molecule has 0 aliphatic heterocycles. The molecule has 7 nitrogen and oxygen atoms in total. The molecule has 0 bridgehead atoms. The van der Waals surface area contributed by atoms with E-state index in [1.807, 2.05) is 31.2 Å². The van der Waals surface area contributed by atoms with E-state index in [-0.39, 0.29) is 5.69 Å². The second-order valence-corrected chi connectivity index (χ2v) is 5.33. The molecule has 2 heterocycles. The van der Waals surface area contributed by atoms with Crippen LogP contribution in [-0.4, -0.2) is 31.3 Å². The fraction of sp³-hybridized carbons (Fsp3) is 0.231. The molecule has 0 saturated heterocycles. The molecule has 0 spiro atoms. The number of para-hydroxylation sites is 1. The maximum atomic E-state index is 11.4. The summed E-state index contributed by atoms with van der Waals surface area (Å²) in [6.45, 7) is 2.73. The standard InChI is InChI=1S/C13H14N6OS/c1-3-14-11-15-9-7-5-4-6-8(9)10(16-11)21-13-18-17-12(20)19(13)2/h4-7H,3H2,1-2H3,(H,17,20)(H,14,15,16). The minimum absolute atomic E-state index is 0.247. The maximum Gasteiger partial charge on any atom is 0.343 e. The first-order valence-electron chi connectivity index (χ1n) is 6.49. The summed E-state index contributed by atoms with van der Waals surface area (Å²) >= 11 is 1.33. The van der Waals surface area contributed by atoms with Crippen molar-refractivity contribution >= 4 is 28.6 Å². The molecule has 3 rings (SSSR count). The van der Waals surface area contributed by atoms with Crippen molar-refractivity contribution in [2.45, 2.75) is 17.1 Å². The number of nitrogens with zero attached hydrogens (tertiary/aromatic N) is 4. The van der Waals surface area contributed by atoms with Gasteiger partial charge in [-0.1, -0.05) is 18.2 Å². The summed E-state index contributed by atoms with van der Waals surface area (Å²) in [5.74, 6) is 0.569. The van der Waals surface area contributed by atoms with Gasteiger partial charge in [0.1, 0.15) is 5.03 Å².